The van der Waals surface area contributed by atoms with E-state index < -0.39 is 0 Å². The molecule has 9 heteroatoms. The number of fused-ring (bicyclic) bond motifs is 1. The van der Waals surface area contributed by atoms with Crippen LogP contribution < -0.4 is 25.4 Å². The molecule has 0 aliphatic carbocycles. The summed E-state index contributed by atoms with van der Waals surface area (Å²) < 4.78 is 15.9. The zero-order valence-electron chi connectivity index (χ0n) is 16.1. The van der Waals surface area contributed by atoms with E-state index in [1.54, 1.807) is 13.4 Å². The minimum atomic E-state index is 0.306. The Morgan fingerprint density at radius 1 is 1.14 bits per heavy atom. The van der Waals surface area contributed by atoms with Gasteiger partial charge in [0.1, 0.15) is 12.0 Å². The van der Waals surface area contributed by atoms with Crippen molar-refractivity contribution in [3.63, 3.8) is 0 Å². The van der Waals surface area contributed by atoms with Crippen LogP contribution in [0.25, 0.3) is 0 Å². The lowest BCUT2D eigenvalue weighted by Crippen LogP contribution is -2.46. The quantitative estimate of drug-likeness (QED) is 0.680. The summed E-state index contributed by atoms with van der Waals surface area (Å²) in [7, 11) is 1.67. The zero-order chi connectivity index (χ0) is 19.3. The summed E-state index contributed by atoms with van der Waals surface area (Å²) in [6.45, 7) is 6.03. The van der Waals surface area contributed by atoms with Crippen LogP contribution in [-0.4, -0.2) is 68.1 Å². The lowest BCUT2D eigenvalue weighted by Gasteiger charge is -2.36. The molecular formula is C19H26N6O3. The standard InChI is InChI=1S/C19H26N6O3/c1-26-9-4-21-18-17(20)19(23-12-22-18)25-7-5-24(6-8-25)11-14-2-3-15-16(10-14)28-13-27-15/h2-3,10,12H,4-9,11,13,20H2,1H3,(H,21,22,23). The van der Waals surface area contributed by atoms with Gasteiger partial charge in [-0.2, -0.15) is 0 Å². The molecule has 0 spiro atoms. The van der Waals surface area contributed by atoms with Gasteiger partial charge in [0.15, 0.2) is 23.1 Å². The van der Waals surface area contributed by atoms with Crippen molar-refractivity contribution in [2.24, 2.45) is 0 Å². The Morgan fingerprint density at radius 3 is 2.79 bits per heavy atom. The number of rotatable bonds is 7. The Labute approximate surface area is 164 Å². The van der Waals surface area contributed by atoms with Crippen molar-refractivity contribution in [2.75, 3.05) is 69.2 Å². The number of nitrogens with one attached hydrogen (secondary N) is 1. The molecule has 0 amide bonds. The van der Waals surface area contributed by atoms with E-state index in [1.165, 1.54) is 5.56 Å². The smallest absolute Gasteiger partial charge is 0.231 e. The molecule has 1 aromatic carbocycles. The first kappa shape index (κ1) is 18.6. The van der Waals surface area contributed by atoms with Gasteiger partial charge in [-0.3, -0.25) is 4.90 Å². The van der Waals surface area contributed by atoms with Crippen LogP contribution in [0.3, 0.4) is 0 Å². The van der Waals surface area contributed by atoms with Crippen molar-refractivity contribution in [1.82, 2.24) is 14.9 Å². The highest BCUT2D eigenvalue weighted by atomic mass is 16.7. The molecule has 4 rings (SSSR count). The van der Waals surface area contributed by atoms with E-state index in [0.29, 0.717) is 31.4 Å². The summed E-state index contributed by atoms with van der Waals surface area (Å²) in [5.41, 5.74) is 8.11. The lowest BCUT2D eigenvalue weighted by molar-refractivity contribution is 0.174. The molecule has 0 bridgehead atoms. The predicted octanol–water partition coefficient (Wildman–Crippen LogP) is 1.17. The molecule has 1 aromatic heterocycles. The maximum Gasteiger partial charge on any atom is 0.231 e. The van der Waals surface area contributed by atoms with Gasteiger partial charge in [0.2, 0.25) is 6.79 Å². The average Bonchev–Trinajstić information content (AvgIpc) is 3.18. The molecule has 9 nitrogen and oxygen atoms in total. The largest absolute Gasteiger partial charge is 0.454 e. The second kappa shape index (κ2) is 8.49. The highest BCUT2D eigenvalue weighted by Crippen LogP contribution is 2.33. The molecule has 0 radical (unpaired) electrons. The molecule has 2 aliphatic rings. The maximum absolute atomic E-state index is 6.30. The lowest BCUT2D eigenvalue weighted by atomic mass is 10.1. The highest BCUT2D eigenvalue weighted by molar-refractivity contribution is 5.75. The average molecular weight is 386 g/mol. The van der Waals surface area contributed by atoms with E-state index in [4.69, 9.17) is 19.9 Å². The van der Waals surface area contributed by atoms with Crippen molar-refractivity contribution in [3.8, 4) is 11.5 Å². The number of nitrogen functional groups attached to an aromatic ring is 1. The summed E-state index contributed by atoms with van der Waals surface area (Å²) >= 11 is 0. The summed E-state index contributed by atoms with van der Waals surface area (Å²) in [6, 6.07) is 6.14. The molecular weight excluding hydrogens is 360 g/mol. The number of piperazine rings is 1. The monoisotopic (exact) mass is 386 g/mol. The van der Waals surface area contributed by atoms with E-state index in [0.717, 1.165) is 50.0 Å². The molecule has 2 aliphatic heterocycles. The summed E-state index contributed by atoms with van der Waals surface area (Å²) in [6.07, 6.45) is 1.56. The van der Waals surface area contributed by atoms with E-state index in [9.17, 15) is 0 Å². The number of benzene rings is 1. The number of nitrogens with two attached hydrogens (primary N) is 1. The van der Waals surface area contributed by atoms with Crippen molar-refractivity contribution >= 4 is 17.3 Å². The molecule has 28 heavy (non-hydrogen) atoms. The molecule has 2 aromatic rings. The van der Waals surface area contributed by atoms with Gasteiger partial charge < -0.3 is 30.2 Å². The van der Waals surface area contributed by atoms with E-state index in [2.05, 4.69) is 37.2 Å². The predicted molar refractivity (Wildman–Crippen MR) is 107 cm³/mol. The zero-order valence-corrected chi connectivity index (χ0v) is 16.1. The minimum Gasteiger partial charge on any atom is -0.454 e. The van der Waals surface area contributed by atoms with Crippen LogP contribution >= 0.6 is 0 Å². The Balaban J connectivity index is 1.34. The van der Waals surface area contributed by atoms with E-state index in [-0.39, 0.29) is 0 Å². The first-order valence-corrected chi connectivity index (χ1v) is 9.43. The van der Waals surface area contributed by atoms with Crippen molar-refractivity contribution < 1.29 is 14.2 Å². The molecule has 0 saturated carbocycles. The van der Waals surface area contributed by atoms with Gasteiger partial charge in [0.05, 0.1) is 6.61 Å². The normalized spacial score (nSPS) is 16.4. The van der Waals surface area contributed by atoms with Gasteiger partial charge in [0.25, 0.3) is 0 Å². The molecule has 3 heterocycles. The first-order chi connectivity index (χ1) is 13.7. The van der Waals surface area contributed by atoms with Crippen molar-refractivity contribution in [2.45, 2.75) is 6.54 Å². The second-order valence-electron chi connectivity index (χ2n) is 6.83. The number of anilines is 3. The van der Waals surface area contributed by atoms with Gasteiger partial charge >= 0.3 is 0 Å². The third kappa shape index (κ3) is 4.05. The number of nitrogens with zero attached hydrogens (tertiary/aromatic N) is 4. The molecule has 0 unspecified atom stereocenters. The van der Waals surface area contributed by atoms with Gasteiger partial charge in [-0.1, -0.05) is 6.07 Å². The number of hydrogen-bond donors (Lipinski definition) is 2. The van der Waals surface area contributed by atoms with Crippen molar-refractivity contribution in [1.29, 1.82) is 0 Å². The van der Waals surface area contributed by atoms with Gasteiger partial charge in [-0.05, 0) is 17.7 Å². The summed E-state index contributed by atoms with van der Waals surface area (Å²) in [4.78, 5) is 13.3. The highest BCUT2D eigenvalue weighted by Gasteiger charge is 2.22. The van der Waals surface area contributed by atoms with Crippen LogP contribution in [-0.2, 0) is 11.3 Å². The molecule has 1 fully saturated rings. The number of aromatic nitrogens is 2. The number of hydrogen-bond acceptors (Lipinski definition) is 9. The van der Waals surface area contributed by atoms with E-state index >= 15 is 0 Å². The molecule has 0 atom stereocenters. The van der Waals surface area contributed by atoms with Crippen LogP contribution in [0.2, 0.25) is 0 Å². The molecule has 1 saturated heterocycles. The first-order valence-electron chi connectivity index (χ1n) is 9.43. The maximum atomic E-state index is 6.30. The number of methoxy groups -OCH3 is 1. The van der Waals surface area contributed by atoms with Crippen LogP contribution in [0.1, 0.15) is 5.56 Å². The van der Waals surface area contributed by atoms with Crippen molar-refractivity contribution in [3.05, 3.63) is 30.1 Å². The fraction of sp³-hybridized carbons (Fsp3) is 0.474. The minimum absolute atomic E-state index is 0.306. The summed E-state index contributed by atoms with van der Waals surface area (Å²) in [5, 5.41) is 3.19. The fourth-order valence-electron chi connectivity index (χ4n) is 3.47. The Bertz CT molecular complexity index is 810. The van der Waals surface area contributed by atoms with E-state index in [1.807, 2.05) is 6.07 Å². The SMILES string of the molecule is COCCNc1ncnc(N2CCN(Cc3ccc4c(c3)OCO4)CC2)c1N. The van der Waals surface area contributed by atoms with Crippen LogP contribution in [0.4, 0.5) is 17.3 Å². The van der Waals surface area contributed by atoms with Crippen LogP contribution in [0.5, 0.6) is 11.5 Å². The topological polar surface area (TPSA) is 98.0 Å². The fourth-order valence-corrected chi connectivity index (χ4v) is 3.47. The molecule has 3 N–H and O–H groups in total. The third-order valence-corrected chi connectivity index (χ3v) is 4.98. The van der Waals surface area contributed by atoms with Gasteiger partial charge in [0, 0.05) is 46.4 Å². The second-order valence-corrected chi connectivity index (χ2v) is 6.83. The Hall–Kier alpha value is -2.78. The Kier molecular flexibility index (Phi) is 5.63. The van der Waals surface area contributed by atoms with Crippen LogP contribution in [0, 0.1) is 0 Å². The van der Waals surface area contributed by atoms with Gasteiger partial charge in [-0.15, -0.1) is 0 Å². The molecule has 150 valence electrons. The van der Waals surface area contributed by atoms with Crippen LogP contribution in [0.15, 0.2) is 24.5 Å². The third-order valence-electron chi connectivity index (χ3n) is 4.98. The Morgan fingerprint density at radius 2 is 1.96 bits per heavy atom. The van der Waals surface area contributed by atoms with Gasteiger partial charge in [-0.25, -0.2) is 9.97 Å². The summed E-state index contributed by atoms with van der Waals surface area (Å²) in [5.74, 6) is 3.10. The number of ether oxygens (including phenoxy) is 3.